The third-order valence-electron chi connectivity index (χ3n) is 5.15. The number of piperazine rings is 1. The highest BCUT2D eigenvalue weighted by Gasteiger charge is 2.32. The van der Waals surface area contributed by atoms with E-state index >= 15 is 0 Å². The summed E-state index contributed by atoms with van der Waals surface area (Å²) < 4.78 is 40.3. The minimum Gasteiger partial charge on any atom is -0.339 e. The smallest absolute Gasteiger partial charge is 0.246 e. The molecule has 0 bridgehead atoms. The first-order valence-electron chi connectivity index (χ1n) is 9.13. The van der Waals surface area contributed by atoms with Crippen LogP contribution < -0.4 is 0 Å². The Morgan fingerprint density at radius 3 is 2.50 bits per heavy atom. The van der Waals surface area contributed by atoms with Gasteiger partial charge in [0.25, 0.3) is 0 Å². The number of benzene rings is 1. The van der Waals surface area contributed by atoms with Crippen molar-refractivity contribution in [2.45, 2.75) is 24.7 Å². The van der Waals surface area contributed by atoms with E-state index in [1.165, 1.54) is 28.9 Å². The molecule has 0 spiro atoms. The van der Waals surface area contributed by atoms with Crippen molar-refractivity contribution in [3.05, 3.63) is 30.1 Å². The zero-order valence-electron chi connectivity index (χ0n) is 15.1. The Labute approximate surface area is 154 Å². The molecule has 2 heterocycles. The molecule has 1 aromatic rings. The van der Waals surface area contributed by atoms with E-state index in [-0.39, 0.29) is 23.9 Å². The number of rotatable bonds is 4. The first kappa shape index (κ1) is 19.3. The molecule has 2 fully saturated rings. The van der Waals surface area contributed by atoms with Gasteiger partial charge < -0.3 is 4.90 Å². The topological polar surface area (TPSA) is 60.9 Å². The van der Waals surface area contributed by atoms with Gasteiger partial charge in [-0.25, -0.2) is 12.8 Å². The van der Waals surface area contributed by atoms with Gasteiger partial charge in [-0.2, -0.15) is 4.31 Å². The van der Waals surface area contributed by atoms with Crippen molar-refractivity contribution < 1.29 is 17.6 Å². The highest BCUT2D eigenvalue weighted by atomic mass is 32.2. The summed E-state index contributed by atoms with van der Waals surface area (Å²) in [6.07, 6.45) is 2.32. The molecule has 2 saturated heterocycles. The average molecular weight is 383 g/mol. The van der Waals surface area contributed by atoms with Crippen LogP contribution in [0.1, 0.15) is 19.8 Å². The van der Waals surface area contributed by atoms with Crippen molar-refractivity contribution in [3.63, 3.8) is 0 Å². The van der Waals surface area contributed by atoms with E-state index in [9.17, 15) is 17.6 Å². The standard InChI is InChI=1S/C18H26FN3O3S/c1-15-5-4-8-20(13-15)14-18(23)21-9-11-22(12-10-21)26(24,25)17-7-3-2-6-16(17)19/h2-3,6-7,15H,4-5,8-14H2,1H3. The van der Waals surface area contributed by atoms with E-state index in [1.807, 2.05) is 0 Å². The van der Waals surface area contributed by atoms with Crippen LogP contribution in [0.2, 0.25) is 0 Å². The molecular formula is C18H26FN3O3S. The van der Waals surface area contributed by atoms with Crippen LogP contribution in [0.5, 0.6) is 0 Å². The average Bonchev–Trinajstić information content (AvgIpc) is 2.62. The molecule has 26 heavy (non-hydrogen) atoms. The van der Waals surface area contributed by atoms with Crippen molar-refractivity contribution in [2.24, 2.45) is 5.92 Å². The van der Waals surface area contributed by atoms with E-state index < -0.39 is 15.8 Å². The maximum absolute atomic E-state index is 13.9. The van der Waals surface area contributed by atoms with Crippen LogP contribution in [0, 0.1) is 11.7 Å². The van der Waals surface area contributed by atoms with Gasteiger partial charge in [-0.05, 0) is 37.4 Å². The van der Waals surface area contributed by atoms with Gasteiger partial charge in [0.1, 0.15) is 10.7 Å². The molecule has 1 unspecified atom stereocenters. The van der Waals surface area contributed by atoms with Gasteiger partial charge in [0.2, 0.25) is 15.9 Å². The summed E-state index contributed by atoms with van der Waals surface area (Å²) in [5.74, 6) is -0.0911. The summed E-state index contributed by atoms with van der Waals surface area (Å²) in [5.41, 5.74) is 0. The number of piperidine rings is 1. The van der Waals surface area contributed by atoms with Gasteiger partial charge in [0.05, 0.1) is 6.54 Å². The minimum atomic E-state index is -3.87. The lowest BCUT2D eigenvalue weighted by atomic mass is 10.0. The summed E-state index contributed by atoms with van der Waals surface area (Å²) in [7, 11) is -3.87. The second-order valence-electron chi connectivity index (χ2n) is 7.20. The quantitative estimate of drug-likeness (QED) is 0.788. The Bertz CT molecular complexity index is 748. The largest absolute Gasteiger partial charge is 0.339 e. The number of halogens is 1. The number of hydrogen-bond donors (Lipinski definition) is 0. The van der Waals surface area contributed by atoms with E-state index in [2.05, 4.69) is 11.8 Å². The number of carbonyl (C=O) groups is 1. The van der Waals surface area contributed by atoms with Crippen LogP contribution in [0.3, 0.4) is 0 Å². The van der Waals surface area contributed by atoms with Crippen LogP contribution >= 0.6 is 0 Å². The predicted octanol–water partition coefficient (Wildman–Crippen LogP) is 1.39. The molecule has 6 nitrogen and oxygen atoms in total. The van der Waals surface area contributed by atoms with E-state index in [0.717, 1.165) is 25.6 Å². The molecule has 1 atom stereocenters. The zero-order valence-corrected chi connectivity index (χ0v) is 15.9. The summed E-state index contributed by atoms with van der Waals surface area (Å²) in [5, 5.41) is 0. The maximum atomic E-state index is 13.9. The van der Waals surface area contributed by atoms with Crippen LogP contribution in [0.15, 0.2) is 29.2 Å². The monoisotopic (exact) mass is 383 g/mol. The van der Waals surface area contributed by atoms with E-state index in [1.54, 1.807) is 4.90 Å². The van der Waals surface area contributed by atoms with Crippen LogP contribution in [0.25, 0.3) is 0 Å². The summed E-state index contributed by atoms with van der Waals surface area (Å²) in [4.78, 5) is 16.1. The Balaban J connectivity index is 1.57. The number of hydrogen-bond acceptors (Lipinski definition) is 4. The van der Waals surface area contributed by atoms with Gasteiger partial charge in [0.15, 0.2) is 0 Å². The molecule has 0 aliphatic carbocycles. The first-order chi connectivity index (χ1) is 12.4. The Kier molecular flexibility index (Phi) is 5.94. The second-order valence-corrected chi connectivity index (χ2v) is 9.10. The maximum Gasteiger partial charge on any atom is 0.246 e. The van der Waals surface area contributed by atoms with Crippen LogP contribution in [0.4, 0.5) is 4.39 Å². The lowest BCUT2D eigenvalue weighted by Gasteiger charge is -2.36. The summed E-state index contributed by atoms with van der Waals surface area (Å²) in [6.45, 7) is 5.54. The first-order valence-corrected chi connectivity index (χ1v) is 10.6. The third-order valence-corrected chi connectivity index (χ3v) is 7.08. The van der Waals surface area contributed by atoms with Crippen molar-refractivity contribution in [2.75, 3.05) is 45.8 Å². The normalized spacial score (nSPS) is 23.2. The highest BCUT2D eigenvalue weighted by molar-refractivity contribution is 7.89. The fourth-order valence-electron chi connectivity index (χ4n) is 3.69. The molecule has 1 amide bonds. The second kappa shape index (κ2) is 8.02. The molecule has 1 aromatic carbocycles. The lowest BCUT2D eigenvalue weighted by Crippen LogP contribution is -2.53. The highest BCUT2D eigenvalue weighted by Crippen LogP contribution is 2.21. The number of sulfonamides is 1. The molecule has 8 heteroatoms. The predicted molar refractivity (Wildman–Crippen MR) is 96.6 cm³/mol. The number of carbonyl (C=O) groups excluding carboxylic acids is 1. The van der Waals surface area contributed by atoms with Gasteiger partial charge in [-0.1, -0.05) is 19.1 Å². The molecule has 0 radical (unpaired) electrons. The van der Waals surface area contributed by atoms with Gasteiger partial charge in [-0.15, -0.1) is 0 Å². The molecule has 3 rings (SSSR count). The fourth-order valence-corrected chi connectivity index (χ4v) is 5.18. The summed E-state index contributed by atoms with van der Waals surface area (Å²) in [6, 6.07) is 5.40. The Morgan fingerprint density at radius 1 is 1.15 bits per heavy atom. The number of likely N-dealkylation sites (tertiary alicyclic amines) is 1. The molecule has 0 aromatic heterocycles. The summed E-state index contributed by atoms with van der Waals surface area (Å²) >= 11 is 0. The molecule has 2 aliphatic rings. The van der Waals surface area contributed by atoms with Crippen LogP contribution in [-0.2, 0) is 14.8 Å². The third kappa shape index (κ3) is 4.24. The minimum absolute atomic E-state index is 0.0436. The Hall–Kier alpha value is -1.51. The molecule has 144 valence electrons. The fraction of sp³-hybridized carbons (Fsp3) is 0.611. The molecule has 2 aliphatic heterocycles. The van der Waals surface area contributed by atoms with Crippen molar-refractivity contribution in [3.8, 4) is 0 Å². The number of amides is 1. The van der Waals surface area contributed by atoms with Gasteiger partial charge >= 0.3 is 0 Å². The van der Waals surface area contributed by atoms with Gasteiger partial charge in [0, 0.05) is 32.7 Å². The van der Waals surface area contributed by atoms with E-state index in [0.29, 0.717) is 25.6 Å². The van der Waals surface area contributed by atoms with Crippen molar-refractivity contribution in [1.29, 1.82) is 0 Å². The van der Waals surface area contributed by atoms with Crippen LogP contribution in [-0.4, -0.2) is 74.2 Å². The molecular weight excluding hydrogens is 357 g/mol. The SMILES string of the molecule is CC1CCCN(CC(=O)N2CCN(S(=O)(=O)c3ccccc3F)CC2)C1. The number of nitrogens with zero attached hydrogens (tertiary/aromatic N) is 3. The molecule has 0 saturated carbocycles. The van der Waals surface area contributed by atoms with Gasteiger partial charge in [-0.3, -0.25) is 9.69 Å². The Morgan fingerprint density at radius 2 is 1.85 bits per heavy atom. The molecule has 0 N–H and O–H groups in total. The zero-order chi connectivity index (χ0) is 18.7. The van der Waals surface area contributed by atoms with E-state index in [4.69, 9.17) is 0 Å². The van der Waals surface area contributed by atoms with Crippen molar-refractivity contribution in [1.82, 2.24) is 14.1 Å². The van der Waals surface area contributed by atoms with Crippen molar-refractivity contribution >= 4 is 15.9 Å². The lowest BCUT2D eigenvalue weighted by molar-refractivity contribution is -0.134.